The summed E-state index contributed by atoms with van der Waals surface area (Å²) in [6, 6.07) is 3.85. The van der Waals surface area contributed by atoms with Crippen LogP contribution in [0.5, 0.6) is 0 Å². The molecule has 6 heteroatoms. The quantitative estimate of drug-likeness (QED) is 0.856. The van der Waals surface area contributed by atoms with Crippen molar-refractivity contribution in [2.75, 3.05) is 5.75 Å². The first-order chi connectivity index (χ1) is 9.08. The lowest BCUT2D eigenvalue weighted by molar-refractivity contribution is 0.0696. The fourth-order valence-electron chi connectivity index (χ4n) is 1.57. The summed E-state index contributed by atoms with van der Waals surface area (Å²) in [5.41, 5.74) is 2.91. The van der Waals surface area contributed by atoms with Crippen LogP contribution in [0.3, 0.4) is 0 Å². The number of carboxylic acid groups (broad SMARTS) is 1. The van der Waals surface area contributed by atoms with Crippen molar-refractivity contribution in [3.8, 4) is 0 Å². The van der Waals surface area contributed by atoms with Gasteiger partial charge in [0.25, 0.3) is 0 Å². The molecule has 0 aliphatic rings. The highest BCUT2D eigenvalue weighted by Gasteiger charge is 2.09. The SMILES string of the molecule is Cc1ncsc1CCSc1cc(C(=O)O)ccc1F. The van der Waals surface area contributed by atoms with E-state index in [0.29, 0.717) is 10.6 Å². The predicted octanol–water partition coefficient (Wildman–Crippen LogP) is 3.62. The van der Waals surface area contributed by atoms with Gasteiger partial charge in [0, 0.05) is 15.5 Å². The molecule has 0 fully saturated rings. The number of thioether (sulfide) groups is 1. The van der Waals surface area contributed by atoms with E-state index in [1.54, 1.807) is 16.8 Å². The molecule has 0 saturated heterocycles. The molecule has 3 nitrogen and oxygen atoms in total. The molecule has 0 aliphatic heterocycles. The summed E-state index contributed by atoms with van der Waals surface area (Å²) in [4.78, 5) is 16.5. The Bertz CT molecular complexity index is 598. The van der Waals surface area contributed by atoms with Gasteiger partial charge in [-0.25, -0.2) is 14.2 Å². The molecule has 0 unspecified atom stereocenters. The summed E-state index contributed by atoms with van der Waals surface area (Å²) in [6.45, 7) is 1.95. The number of halogens is 1. The van der Waals surface area contributed by atoms with Crippen LogP contribution in [0.1, 0.15) is 20.9 Å². The van der Waals surface area contributed by atoms with E-state index in [2.05, 4.69) is 4.98 Å². The van der Waals surface area contributed by atoms with Crippen LogP contribution in [-0.2, 0) is 6.42 Å². The second-order valence-electron chi connectivity index (χ2n) is 3.91. The predicted molar refractivity (Wildman–Crippen MR) is 74.6 cm³/mol. The standard InChI is InChI=1S/C13H12FNO2S2/c1-8-11(19-7-15-8)4-5-18-12-6-9(13(16)17)2-3-10(12)14/h2-3,6-7H,4-5H2,1H3,(H,16,17). The molecule has 0 radical (unpaired) electrons. The van der Waals surface area contributed by atoms with Crippen molar-refractivity contribution in [1.29, 1.82) is 0 Å². The molecule has 0 spiro atoms. The molecule has 0 atom stereocenters. The van der Waals surface area contributed by atoms with Gasteiger partial charge in [0.05, 0.1) is 16.8 Å². The summed E-state index contributed by atoms with van der Waals surface area (Å²) in [6.07, 6.45) is 0.803. The molecule has 1 aromatic carbocycles. The van der Waals surface area contributed by atoms with E-state index >= 15 is 0 Å². The van der Waals surface area contributed by atoms with Gasteiger partial charge in [0.1, 0.15) is 5.82 Å². The Morgan fingerprint density at radius 2 is 2.32 bits per heavy atom. The average Bonchev–Trinajstić information content (AvgIpc) is 2.77. The zero-order chi connectivity index (χ0) is 13.8. The molecule has 100 valence electrons. The van der Waals surface area contributed by atoms with Gasteiger partial charge in [-0.3, -0.25) is 0 Å². The van der Waals surface area contributed by atoms with Crippen molar-refractivity contribution in [2.45, 2.75) is 18.2 Å². The molecular weight excluding hydrogens is 285 g/mol. The Kier molecular flexibility index (Phi) is 4.55. The number of carboxylic acids is 1. The molecule has 2 aromatic rings. The van der Waals surface area contributed by atoms with Crippen LogP contribution in [0.4, 0.5) is 4.39 Å². The molecule has 0 amide bonds. The zero-order valence-corrected chi connectivity index (χ0v) is 11.9. The van der Waals surface area contributed by atoms with Gasteiger partial charge in [-0.2, -0.15) is 0 Å². The van der Waals surface area contributed by atoms with E-state index in [0.717, 1.165) is 12.1 Å². The first kappa shape index (κ1) is 14.0. The van der Waals surface area contributed by atoms with Crippen molar-refractivity contribution in [3.05, 3.63) is 45.7 Å². The number of rotatable bonds is 5. The van der Waals surface area contributed by atoms with Crippen LogP contribution in [-0.4, -0.2) is 21.8 Å². The number of aromatic carboxylic acids is 1. The Morgan fingerprint density at radius 3 is 2.95 bits per heavy atom. The molecule has 0 aliphatic carbocycles. The third-order valence-corrected chi connectivity index (χ3v) is 4.64. The Morgan fingerprint density at radius 1 is 1.53 bits per heavy atom. The van der Waals surface area contributed by atoms with E-state index in [9.17, 15) is 9.18 Å². The molecule has 1 heterocycles. The van der Waals surface area contributed by atoms with E-state index in [4.69, 9.17) is 5.11 Å². The summed E-state index contributed by atoms with van der Waals surface area (Å²) < 4.78 is 13.6. The van der Waals surface area contributed by atoms with E-state index in [1.807, 2.05) is 6.92 Å². The second kappa shape index (κ2) is 6.16. The molecule has 2 rings (SSSR count). The highest BCUT2D eigenvalue weighted by atomic mass is 32.2. The summed E-state index contributed by atoms with van der Waals surface area (Å²) in [7, 11) is 0. The molecule has 1 aromatic heterocycles. The number of thiazole rings is 1. The normalized spacial score (nSPS) is 10.6. The summed E-state index contributed by atoms with van der Waals surface area (Å²) in [5, 5.41) is 8.87. The van der Waals surface area contributed by atoms with Gasteiger partial charge in [0.15, 0.2) is 0 Å². The molecule has 1 N–H and O–H groups in total. The lowest BCUT2D eigenvalue weighted by Gasteiger charge is -2.04. The molecule has 0 bridgehead atoms. The van der Waals surface area contributed by atoms with Crippen molar-refractivity contribution < 1.29 is 14.3 Å². The fraction of sp³-hybridized carbons (Fsp3) is 0.231. The van der Waals surface area contributed by atoms with Crippen LogP contribution in [0.15, 0.2) is 28.6 Å². The molecule has 0 saturated carbocycles. The topological polar surface area (TPSA) is 50.2 Å². The summed E-state index contributed by atoms with van der Waals surface area (Å²) in [5.74, 6) is -0.723. The van der Waals surface area contributed by atoms with Crippen molar-refractivity contribution in [2.24, 2.45) is 0 Å². The zero-order valence-electron chi connectivity index (χ0n) is 10.2. The minimum Gasteiger partial charge on any atom is -0.478 e. The van der Waals surface area contributed by atoms with Crippen LogP contribution in [0.25, 0.3) is 0 Å². The van der Waals surface area contributed by atoms with E-state index < -0.39 is 5.97 Å². The number of benzene rings is 1. The Balaban J connectivity index is 2.01. The van der Waals surface area contributed by atoms with Gasteiger partial charge in [-0.05, 0) is 31.5 Å². The molecular formula is C13H12FNO2S2. The van der Waals surface area contributed by atoms with Crippen LogP contribution >= 0.6 is 23.1 Å². The van der Waals surface area contributed by atoms with Crippen molar-refractivity contribution in [3.63, 3.8) is 0 Å². The Hall–Kier alpha value is -1.40. The van der Waals surface area contributed by atoms with Gasteiger partial charge >= 0.3 is 5.97 Å². The minimum absolute atomic E-state index is 0.109. The third kappa shape index (κ3) is 3.54. The van der Waals surface area contributed by atoms with Crippen LogP contribution in [0.2, 0.25) is 0 Å². The number of hydrogen-bond donors (Lipinski definition) is 1. The van der Waals surface area contributed by atoms with Gasteiger partial charge in [-0.1, -0.05) is 0 Å². The molecule has 19 heavy (non-hydrogen) atoms. The first-order valence-electron chi connectivity index (χ1n) is 5.62. The number of nitrogens with zero attached hydrogens (tertiary/aromatic N) is 1. The maximum atomic E-state index is 13.6. The lowest BCUT2D eigenvalue weighted by atomic mass is 10.2. The van der Waals surface area contributed by atoms with E-state index in [1.165, 1.54) is 34.8 Å². The number of aryl methyl sites for hydroxylation is 2. The number of aromatic nitrogens is 1. The Labute approximate surface area is 118 Å². The number of hydrogen-bond acceptors (Lipinski definition) is 4. The maximum Gasteiger partial charge on any atom is 0.335 e. The van der Waals surface area contributed by atoms with Gasteiger partial charge in [0.2, 0.25) is 0 Å². The van der Waals surface area contributed by atoms with Crippen LogP contribution < -0.4 is 0 Å². The third-order valence-electron chi connectivity index (χ3n) is 2.61. The fourth-order valence-corrected chi connectivity index (χ4v) is 3.42. The van der Waals surface area contributed by atoms with Crippen molar-refractivity contribution in [1.82, 2.24) is 4.98 Å². The largest absolute Gasteiger partial charge is 0.478 e. The van der Waals surface area contributed by atoms with Gasteiger partial charge in [-0.15, -0.1) is 23.1 Å². The number of carbonyl (C=O) groups is 1. The lowest BCUT2D eigenvalue weighted by Crippen LogP contribution is -1.97. The highest BCUT2D eigenvalue weighted by Crippen LogP contribution is 2.25. The summed E-state index contributed by atoms with van der Waals surface area (Å²) >= 11 is 2.91. The van der Waals surface area contributed by atoms with Crippen molar-refractivity contribution >= 4 is 29.1 Å². The highest BCUT2D eigenvalue weighted by molar-refractivity contribution is 7.99. The maximum absolute atomic E-state index is 13.6. The van der Waals surface area contributed by atoms with E-state index in [-0.39, 0.29) is 11.4 Å². The average molecular weight is 297 g/mol. The van der Waals surface area contributed by atoms with Gasteiger partial charge < -0.3 is 5.11 Å². The van der Waals surface area contributed by atoms with Crippen LogP contribution in [0, 0.1) is 12.7 Å². The minimum atomic E-state index is -1.04. The smallest absolute Gasteiger partial charge is 0.335 e. The second-order valence-corrected chi connectivity index (χ2v) is 5.99. The first-order valence-corrected chi connectivity index (χ1v) is 7.49. The monoisotopic (exact) mass is 297 g/mol.